The lowest BCUT2D eigenvalue weighted by atomic mass is 10.1. The molecule has 0 saturated heterocycles. The number of nitrogens with zero attached hydrogens (tertiary/aromatic N) is 2. The van der Waals surface area contributed by atoms with Gasteiger partial charge < -0.3 is 10.2 Å². The molecule has 2 amide bonds. The summed E-state index contributed by atoms with van der Waals surface area (Å²) in [5.41, 5.74) is 0.793. The second-order valence-electron chi connectivity index (χ2n) is 6.81. The minimum absolute atomic E-state index is 0.0402. The van der Waals surface area contributed by atoms with Gasteiger partial charge in [-0.05, 0) is 42.8 Å². The summed E-state index contributed by atoms with van der Waals surface area (Å²) in [4.78, 5) is 26.7. The van der Waals surface area contributed by atoms with Gasteiger partial charge in [0.25, 0.3) is 0 Å². The summed E-state index contributed by atoms with van der Waals surface area (Å²) in [5.74, 6) is -1.72. The van der Waals surface area contributed by atoms with Crippen LogP contribution in [-0.2, 0) is 26.2 Å². The number of halogens is 3. The van der Waals surface area contributed by atoms with E-state index >= 15 is 0 Å². The summed E-state index contributed by atoms with van der Waals surface area (Å²) >= 11 is 9.13. The number of amides is 2. The quantitative estimate of drug-likeness (QED) is 0.564. The van der Waals surface area contributed by atoms with Gasteiger partial charge in [0, 0.05) is 18.1 Å². The van der Waals surface area contributed by atoms with Crippen molar-refractivity contribution < 1.29 is 22.4 Å². The smallest absolute Gasteiger partial charge is 0.244 e. The number of carbonyl (C=O) groups is 2. The molecule has 11 heteroatoms. The average molecular weight is 535 g/mol. The van der Waals surface area contributed by atoms with E-state index in [0.717, 1.165) is 32.7 Å². The SMILES string of the molecule is CNC(=O)[C@H](C)N(Cc1ccc(Br)cc1)C(=O)CN(c1ccc(F)c(Cl)c1)S(C)(=O)=O. The van der Waals surface area contributed by atoms with E-state index in [1.54, 1.807) is 31.2 Å². The molecule has 31 heavy (non-hydrogen) atoms. The van der Waals surface area contributed by atoms with Crippen LogP contribution in [0, 0.1) is 5.82 Å². The number of hydrogen-bond donors (Lipinski definition) is 1. The Hall–Kier alpha value is -2.17. The van der Waals surface area contributed by atoms with E-state index < -0.39 is 40.2 Å². The van der Waals surface area contributed by atoms with E-state index in [-0.39, 0.29) is 17.3 Å². The molecule has 7 nitrogen and oxygen atoms in total. The first-order chi connectivity index (χ1) is 14.4. The van der Waals surface area contributed by atoms with Gasteiger partial charge in [0.15, 0.2) is 0 Å². The molecule has 0 aliphatic heterocycles. The number of nitrogens with one attached hydrogen (secondary N) is 1. The van der Waals surface area contributed by atoms with Crippen LogP contribution in [0.15, 0.2) is 46.9 Å². The first kappa shape index (κ1) is 25.1. The molecule has 0 unspecified atom stereocenters. The highest BCUT2D eigenvalue weighted by Crippen LogP contribution is 2.25. The Balaban J connectivity index is 2.39. The first-order valence-corrected chi connectivity index (χ1v) is 12.1. The number of rotatable bonds is 8. The molecule has 1 N–H and O–H groups in total. The van der Waals surface area contributed by atoms with Gasteiger partial charge in [0.1, 0.15) is 18.4 Å². The van der Waals surface area contributed by atoms with Gasteiger partial charge in [0.05, 0.1) is 17.0 Å². The van der Waals surface area contributed by atoms with E-state index in [9.17, 15) is 22.4 Å². The summed E-state index contributed by atoms with van der Waals surface area (Å²) < 4.78 is 40.0. The molecule has 0 aliphatic carbocycles. The van der Waals surface area contributed by atoms with Crippen LogP contribution < -0.4 is 9.62 Å². The summed E-state index contributed by atoms with van der Waals surface area (Å²) in [6.45, 7) is 1.05. The molecule has 0 heterocycles. The van der Waals surface area contributed by atoms with Crippen molar-refractivity contribution in [2.75, 3.05) is 24.2 Å². The normalized spacial score (nSPS) is 12.2. The zero-order valence-electron chi connectivity index (χ0n) is 17.1. The van der Waals surface area contributed by atoms with Crippen LogP contribution in [0.2, 0.25) is 5.02 Å². The largest absolute Gasteiger partial charge is 0.357 e. The summed E-state index contributed by atoms with van der Waals surface area (Å²) in [7, 11) is -2.46. The zero-order valence-corrected chi connectivity index (χ0v) is 20.3. The van der Waals surface area contributed by atoms with Gasteiger partial charge in [-0.2, -0.15) is 0 Å². The summed E-state index contributed by atoms with van der Waals surface area (Å²) in [5, 5.41) is 2.22. The molecule has 0 spiro atoms. The van der Waals surface area contributed by atoms with Crippen LogP contribution in [0.5, 0.6) is 0 Å². The van der Waals surface area contributed by atoms with E-state index in [2.05, 4.69) is 21.2 Å². The fourth-order valence-corrected chi connectivity index (χ4v) is 4.11. The van der Waals surface area contributed by atoms with Gasteiger partial charge >= 0.3 is 0 Å². The van der Waals surface area contributed by atoms with E-state index in [1.165, 1.54) is 18.0 Å². The van der Waals surface area contributed by atoms with E-state index in [4.69, 9.17) is 11.6 Å². The molecule has 2 aromatic rings. The number of hydrogen-bond acceptors (Lipinski definition) is 4. The van der Waals surface area contributed by atoms with Crippen molar-refractivity contribution in [2.45, 2.75) is 19.5 Å². The second kappa shape index (κ2) is 10.4. The third-order valence-corrected chi connectivity index (χ3v) is 6.51. The average Bonchev–Trinajstić information content (AvgIpc) is 2.71. The Bertz CT molecular complexity index is 1070. The summed E-state index contributed by atoms with van der Waals surface area (Å²) in [6, 6.07) is 9.68. The monoisotopic (exact) mass is 533 g/mol. The van der Waals surface area contributed by atoms with Crippen molar-refractivity contribution in [1.29, 1.82) is 0 Å². The van der Waals surface area contributed by atoms with Gasteiger partial charge in [-0.15, -0.1) is 0 Å². The van der Waals surface area contributed by atoms with Crippen LogP contribution in [0.25, 0.3) is 0 Å². The molecule has 168 valence electrons. The molecule has 0 aromatic heterocycles. The number of sulfonamides is 1. The van der Waals surface area contributed by atoms with E-state index in [0.29, 0.717) is 0 Å². The molecule has 1 atom stereocenters. The van der Waals surface area contributed by atoms with Crippen molar-refractivity contribution in [2.24, 2.45) is 0 Å². The van der Waals surface area contributed by atoms with Gasteiger partial charge in [-0.3, -0.25) is 13.9 Å². The standard InChI is InChI=1S/C20H22BrClFN3O4S/c1-13(20(28)24-2)25(11-14-4-6-15(21)7-5-14)19(27)12-26(31(3,29)30)16-8-9-18(23)17(22)10-16/h4-10,13H,11-12H2,1-3H3,(H,24,28)/t13-/m0/s1. The van der Waals surface area contributed by atoms with Crippen LogP contribution in [0.3, 0.4) is 0 Å². The van der Waals surface area contributed by atoms with Crippen LogP contribution >= 0.6 is 27.5 Å². The van der Waals surface area contributed by atoms with Crippen molar-refractivity contribution in [1.82, 2.24) is 10.2 Å². The van der Waals surface area contributed by atoms with Crippen molar-refractivity contribution in [3.05, 3.63) is 63.3 Å². The Labute approximate surface area is 194 Å². The molecule has 2 aromatic carbocycles. The maximum absolute atomic E-state index is 13.5. The zero-order chi connectivity index (χ0) is 23.3. The van der Waals surface area contributed by atoms with Crippen LogP contribution in [0.1, 0.15) is 12.5 Å². The minimum Gasteiger partial charge on any atom is -0.357 e. The predicted molar refractivity (Wildman–Crippen MR) is 122 cm³/mol. The lowest BCUT2D eigenvalue weighted by Crippen LogP contribution is -2.50. The van der Waals surface area contributed by atoms with E-state index in [1.807, 2.05) is 0 Å². The molecule has 0 saturated carbocycles. The van der Waals surface area contributed by atoms with Gasteiger partial charge in [-0.25, -0.2) is 12.8 Å². The Morgan fingerprint density at radius 2 is 1.81 bits per heavy atom. The van der Waals surface area contributed by atoms with Crippen LogP contribution in [0.4, 0.5) is 10.1 Å². The molecule has 0 radical (unpaired) electrons. The number of carbonyl (C=O) groups excluding carboxylic acids is 2. The van der Waals surface area contributed by atoms with Crippen LogP contribution in [-0.4, -0.2) is 51.0 Å². The molecule has 2 rings (SSSR count). The lowest BCUT2D eigenvalue weighted by molar-refractivity contribution is -0.139. The maximum Gasteiger partial charge on any atom is 0.244 e. The van der Waals surface area contributed by atoms with Gasteiger partial charge in [-0.1, -0.05) is 39.7 Å². The predicted octanol–water partition coefficient (Wildman–Crippen LogP) is 3.17. The third kappa shape index (κ3) is 6.65. The molecule has 0 fully saturated rings. The first-order valence-electron chi connectivity index (χ1n) is 9.12. The minimum atomic E-state index is -3.91. The van der Waals surface area contributed by atoms with Crippen molar-refractivity contribution in [3.8, 4) is 0 Å². The highest BCUT2D eigenvalue weighted by molar-refractivity contribution is 9.10. The Morgan fingerprint density at radius 3 is 2.32 bits per heavy atom. The Morgan fingerprint density at radius 1 is 1.19 bits per heavy atom. The number of anilines is 1. The Kier molecular flexibility index (Phi) is 8.44. The summed E-state index contributed by atoms with van der Waals surface area (Å²) in [6.07, 6.45) is 0.929. The highest BCUT2D eigenvalue weighted by atomic mass is 79.9. The molecular formula is C20H22BrClFN3O4S. The van der Waals surface area contributed by atoms with Crippen molar-refractivity contribution >= 4 is 55.1 Å². The fraction of sp³-hybridized carbons (Fsp3) is 0.300. The fourth-order valence-electron chi connectivity index (χ4n) is 2.83. The maximum atomic E-state index is 13.5. The van der Waals surface area contributed by atoms with Crippen molar-refractivity contribution in [3.63, 3.8) is 0 Å². The number of likely N-dealkylation sites (N-methyl/N-ethyl adjacent to an activating group) is 1. The molecule has 0 bridgehead atoms. The molecule has 0 aliphatic rings. The topological polar surface area (TPSA) is 86.8 Å². The number of benzene rings is 2. The molecular weight excluding hydrogens is 513 g/mol. The highest BCUT2D eigenvalue weighted by Gasteiger charge is 2.29. The third-order valence-electron chi connectivity index (χ3n) is 4.55. The van der Waals surface area contributed by atoms with Gasteiger partial charge in [0.2, 0.25) is 21.8 Å². The lowest BCUT2D eigenvalue weighted by Gasteiger charge is -2.31. The second-order valence-corrected chi connectivity index (χ2v) is 10.0.